The van der Waals surface area contributed by atoms with Gasteiger partial charge in [0, 0.05) is 12.1 Å². The van der Waals surface area contributed by atoms with E-state index in [0.29, 0.717) is 36.0 Å². The van der Waals surface area contributed by atoms with Crippen molar-refractivity contribution in [3.63, 3.8) is 0 Å². The molecule has 0 spiro atoms. The number of benzene rings is 1. The topological polar surface area (TPSA) is 83.1 Å². The van der Waals surface area contributed by atoms with Gasteiger partial charge in [-0.1, -0.05) is 13.8 Å². The average Bonchev–Trinajstić information content (AvgIpc) is 2.68. The first-order valence-corrected chi connectivity index (χ1v) is 8.69. The Morgan fingerprint density at radius 2 is 1.96 bits per heavy atom. The summed E-state index contributed by atoms with van der Waals surface area (Å²) in [7, 11) is 1.54. The third-order valence-electron chi connectivity index (χ3n) is 3.96. The second-order valence-corrected chi connectivity index (χ2v) is 5.77. The van der Waals surface area contributed by atoms with Gasteiger partial charge in [-0.15, -0.1) is 0 Å². The minimum absolute atomic E-state index is 0.0990. The van der Waals surface area contributed by atoms with Crippen molar-refractivity contribution in [1.82, 2.24) is 5.32 Å². The number of hydrogen-bond acceptors (Lipinski definition) is 6. The van der Waals surface area contributed by atoms with Gasteiger partial charge in [-0.25, -0.2) is 4.79 Å². The molecular weight excluding hydrogens is 338 g/mol. The fraction of sp³-hybridized carbons (Fsp3) is 0.474. The molecule has 142 valence electrons. The number of carbonyl (C=O) groups is 2. The van der Waals surface area contributed by atoms with Gasteiger partial charge >= 0.3 is 5.97 Å². The maximum atomic E-state index is 11.8. The van der Waals surface area contributed by atoms with Gasteiger partial charge in [0.15, 0.2) is 18.1 Å². The molecule has 0 saturated carbocycles. The van der Waals surface area contributed by atoms with Crippen LogP contribution >= 0.6 is 0 Å². The van der Waals surface area contributed by atoms with Crippen LogP contribution in [0.25, 0.3) is 6.08 Å². The molecule has 0 atom stereocenters. The molecule has 0 unspecified atom stereocenters. The van der Waals surface area contributed by atoms with Crippen LogP contribution in [0.15, 0.2) is 18.2 Å². The van der Waals surface area contributed by atoms with Crippen molar-refractivity contribution >= 4 is 18.0 Å². The van der Waals surface area contributed by atoms with Crippen molar-refractivity contribution in [1.29, 1.82) is 0 Å². The van der Waals surface area contributed by atoms with Gasteiger partial charge in [0.1, 0.15) is 13.2 Å². The first-order chi connectivity index (χ1) is 12.6. The zero-order chi connectivity index (χ0) is 18.9. The van der Waals surface area contributed by atoms with Gasteiger partial charge in [-0.2, -0.15) is 0 Å². The van der Waals surface area contributed by atoms with E-state index in [1.165, 1.54) is 13.2 Å². The molecule has 1 heterocycles. The van der Waals surface area contributed by atoms with Crippen molar-refractivity contribution in [2.75, 3.05) is 26.9 Å². The van der Waals surface area contributed by atoms with E-state index in [0.717, 1.165) is 12.8 Å². The highest BCUT2D eigenvalue weighted by Gasteiger charge is 2.18. The molecule has 0 radical (unpaired) electrons. The Bertz CT molecular complexity index is 649. The van der Waals surface area contributed by atoms with E-state index in [1.54, 1.807) is 18.2 Å². The summed E-state index contributed by atoms with van der Waals surface area (Å²) >= 11 is 0. The van der Waals surface area contributed by atoms with E-state index < -0.39 is 5.97 Å². The van der Waals surface area contributed by atoms with Crippen LogP contribution in [0.5, 0.6) is 17.2 Å². The zero-order valence-electron chi connectivity index (χ0n) is 15.4. The highest BCUT2D eigenvalue weighted by atomic mass is 16.6. The summed E-state index contributed by atoms with van der Waals surface area (Å²) in [6.45, 7) is 4.60. The van der Waals surface area contributed by atoms with Gasteiger partial charge in [-0.05, 0) is 36.6 Å². The zero-order valence-corrected chi connectivity index (χ0v) is 15.4. The minimum atomic E-state index is -0.599. The smallest absolute Gasteiger partial charge is 0.331 e. The Hall–Kier alpha value is -2.70. The quantitative estimate of drug-likeness (QED) is 0.564. The summed E-state index contributed by atoms with van der Waals surface area (Å²) in [4.78, 5) is 23.5. The number of amides is 1. The molecule has 0 aliphatic carbocycles. The first kappa shape index (κ1) is 19.6. The molecule has 1 N–H and O–H groups in total. The van der Waals surface area contributed by atoms with E-state index in [1.807, 2.05) is 13.8 Å². The highest BCUT2D eigenvalue weighted by molar-refractivity contribution is 5.89. The molecule has 26 heavy (non-hydrogen) atoms. The van der Waals surface area contributed by atoms with Gasteiger partial charge in [0.05, 0.1) is 7.11 Å². The third kappa shape index (κ3) is 5.40. The van der Waals surface area contributed by atoms with Gasteiger partial charge < -0.3 is 24.3 Å². The molecule has 1 amide bonds. The predicted octanol–water partition coefficient (Wildman–Crippen LogP) is 2.33. The number of methoxy groups -OCH3 is 1. The number of nitrogens with one attached hydrogen (secondary N) is 1. The van der Waals surface area contributed by atoms with E-state index >= 15 is 0 Å². The van der Waals surface area contributed by atoms with Crippen LogP contribution in [-0.2, 0) is 14.3 Å². The molecule has 7 heteroatoms. The monoisotopic (exact) mass is 363 g/mol. The van der Waals surface area contributed by atoms with Crippen molar-refractivity contribution in [3.05, 3.63) is 23.8 Å². The second kappa shape index (κ2) is 9.70. The normalized spacial score (nSPS) is 12.9. The third-order valence-corrected chi connectivity index (χ3v) is 3.96. The van der Waals surface area contributed by atoms with Crippen LogP contribution in [0.3, 0.4) is 0 Å². The van der Waals surface area contributed by atoms with Crippen molar-refractivity contribution in [2.45, 2.75) is 32.7 Å². The number of carbonyl (C=O) groups excluding carboxylic acids is 2. The number of hydrogen-bond donors (Lipinski definition) is 1. The lowest BCUT2D eigenvalue weighted by Gasteiger charge is -2.20. The summed E-state index contributed by atoms with van der Waals surface area (Å²) < 4.78 is 21.3. The largest absolute Gasteiger partial charge is 0.493 e. The van der Waals surface area contributed by atoms with Crippen molar-refractivity contribution < 1.29 is 28.5 Å². The minimum Gasteiger partial charge on any atom is -0.493 e. The van der Waals surface area contributed by atoms with E-state index in [-0.39, 0.29) is 18.6 Å². The molecular formula is C19H25NO6. The average molecular weight is 363 g/mol. The van der Waals surface area contributed by atoms with Gasteiger partial charge in [0.25, 0.3) is 5.91 Å². The molecule has 0 saturated heterocycles. The van der Waals surface area contributed by atoms with Gasteiger partial charge in [-0.3, -0.25) is 4.79 Å². The SMILES string of the molecule is CCC(CC)NC(=O)COC(=O)/C=C/c1cc(OC)c2c(c1)OCCO2. The van der Waals surface area contributed by atoms with Crippen LogP contribution in [-0.4, -0.2) is 44.8 Å². The summed E-state index contributed by atoms with van der Waals surface area (Å²) in [5, 5.41) is 2.81. The standard InChI is InChI=1S/C19H25NO6/c1-4-14(5-2)20-17(21)12-26-18(22)7-6-13-10-15(23-3)19-16(11-13)24-8-9-25-19/h6-7,10-11,14H,4-5,8-9,12H2,1-3H3,(H,20,21)/b7-6+. The molecule has 0 aromatic heterocycles. The first-order valence-electron chi connectivity index (χ1n) is 8.69. The summed E-state index contributed by atoms with van der Waals surface area (Å²) in [5.41, 5.74) is 0.699. The second-order valence-electron chi connectivity index (χ2n) is 5.77. The Morgan fingerprint density at radius 3 is 2.65 bits per heavy atom. The van der Waals surface area contributed by atoms with Gasteiger partial charge in [0.2, 0.25) is 5.75 Å². The molecule has 7 nitrogen and oxygen atoms in total. The fourth-order valence-corrected chi connectivity index (χ4v) is 2.50. The van der Waals surface area contributed by atoms with E-state index in [2.05, 4.69) is 5.32 Å². The molecule has 1 aromatic rings. The van der Waals surface area contributed by atoms with Crippen molar-refractivity contribution in [2.24, 2.45) is 0 Å². The Balaban J connectivity index is 1.92. The van der Waals surface area contributed by atoms with E-state index in [4.69, 9.17) is 18.9 Å². The van der Waals surface area contributed by atoms with Crippen molar-refractivity contribution in [3.8, 4) is 17.2 Å². The van der Waals surface area contributed by atoms with Crippen LogP contribution in [0.4, 0.5) is 0 Å². The predicted molar refractivity (Wildman–Crippen MR) is 96.5 cm³/mol. The maximum absolute atomic E-state index is 11.8. The molecule has 1 aliphatic rings. The summed E-state index contributed by atoms with van der Waals surface area (Å²) in [6, 6.07) is 3.58. The highest BCUT2D eigenvalue weighted by Crippen LogP contribution is 2.40. The summed E-state index contributed by atoms with van der Waals surface area (Å²) in [5.74, 6) is 0.740. The summed E-state index contributed by atoms with van der Waals surface area (Å²) in [6.07, 6.45) is 4.50. The fourth-order valence-electron chi connectivity index (χ4n) is 2.50. The number of rotatable bonds is 8. The molecule has 2 rings (SSSR count). The van der Waals surface area contributed by atoms with Crippen LogP contribution < -0.4 is 19.5 Å². The van der Waals surface area contributed by atoms with Crippen LogP contribution in [0.2, 0.25) is 0 Å². The molecule has 0 fully saturated rings. The molecule has 1 aliphatic heterocycles. The lowest BCUT2D eigenvalue weighted by Crippen LogP contribution is -2.36. The molecule has 0 bridgehead atoms. The lowest BCUT2D eigenvalue weighted by molar-refractivity contribution is -0.144. The number of ether oxygens (including phenoxy) is 4. The number of esters is 1. The molecule has 1 aromatic carbocycles. The Kier molecular flexibility index (Phi) is 7.32. The van der Waals surface area contributed by atoms with Crippen LogP contribution in [0.1, 0.15) is 32.3 Å². The maximum Gasteiger partial charge on any atom is 0.331 e. The Morgan fingerprint density at radius 1 is 1.23 bits per heavy atom. The lowest BCUT2D eigenvalue weighted by atomic mass is 10.1. The Labute approximate surface area is 153 Å². The van der Waals surface area contributed by atoms with Crippen LogP contribution in [0, 0.1) is 0 Å². The number of fused-ring (bicyclic) bond motifs is 1. The van der Waals surface area contributed by atoms with E-state index in [9.17, 15) is 9.59 Å².